The summed E-state index contributed by atoms with van der Waals surface area (Å²) in [5, 5.41) is 0. The average molecular weight is 258 g/mol. The van der Waals surface area contributed by atoms with Crippen LogP contribution in [-0.2, 0) is 11.3 Å². The van der Waals surface area contributed by atoms with Crippen molar-refractivity contribution < 1.29 is 9.21 Å². The van der Waals surface area contributed by atoms with Gasteiger partial charge in [-0.1, -0.05) is 17.7 Å². The zero-order valence-corrected chi connectivity index (χ0v) is 11.2. The quantitative estimate of drug-likeness (QED) is 0.916. The van der Waals surface area contributed by atoms with E-state index in [0.29, 0.717) is 6.54 Å². The SMILES string of the molecule is Cc1ccc(N(Cc2ccco2)C(=O)CN)c(C)c1. The van der Waals surface area contributed by atoms with Gasteiger partial charge in [0.1, 0.15) is 5.76 Å². The number of benzene rings is 1. The maximum absolute atomic E-state index is 12.0. The predicted molar refractivity (Wildman–Crippen MR) is 74.9 cm³/mol. The van der Waals surface area contributed by atoms with Crippen LogP contribution in [0.1, 0.15) is 16.9 Å². The number of carbonyl (C=O) groups excluding carboxylic acids is 1. The van der Waals surface area contributed by atoms with Gasteiger partial charge in [-0.15, -0.1) is 0 Å². The molecule has 0 aliphatic heterocycles. The van der Waals surface area contributed by atoms with Crippen molar-refractivity contribution in [1.29, 1.82) is 0 Å². The molecule has 0 saturated carbocycles. The fourth-order valence-electron chi connectivity index (χ4n) is 2.08. The summed E-state index contributed by atoms with van der Waals surface area (Å²) in [6, 6.07) is 9.64. The Morgan fingerprint density at radius 3 is 2.68 bits per heavy atom. The summed E-state index contributed by atoms with van der Waals surface area (Å²) in [5.74, 6) is 0.616. The van der Waals surface area contributed by atoms with Crippen LogP contribution in [0.3, 0.4) is 0 Å². The standard InChI is InChI=1S/C15H18N2O2/c1-11-5-6-14(12(2)8-11)17(15(18)9-16)10-13-4-3-7-19-13/h3-8H,9-10,16H2,1-2H3. The number of carbonyl (C=O) groups is 1. The molecule has 4 heteroatoms. The van der Waals surface area contributed by atoms with E-state index in [1.807, 2.05) is 44.2 Å². The molecule has 1 heterocycles. The van der Waals surface area contributed by atoms with E-state index in [1.165, 1.54) is 5.56 Å². The Morgan fingerprint density at radius 1 is 1.32 bits per heavy atom. The van der Waals surface area contributed by atoms with Crippen LogP contribution in [-0.4, -0.2) is 12.5 Å². The van der Waals surface area contributed by atoms with Crippen LogP contribution in [0.5, 0.6) is 0 Å². The molecule has 0 saturated heterocycles. The van der Waals surface area contributed by atoms with E-state index in [4.69, 9.17) is 10.2 Å². The Bertz CT molecular complexity index is 562. The second-order valence-electron chi connectivity index (χ2n) is 4.55. The lowest BCUT2D eigenvalue weighted by Gasteiger charge is -2.23. The summed E-state index contributed by atoms with van der Waals surface area (Å²) < 4.78 is 5.31. The van der Waals surface area contributed by atoms with Crippen LogP contribution in [0.15, 0.2) is 41.0 Å². The highest BCUT2D eigenvalue weighted by atomic mass is 16.3. The van der Waals surface area contributed by atoms with E-state index in [9.17, 15) is 4.79 Å². The van der Waals surface area contributed by atoms with Gasteiger partial charge in [0, 0.05) is 5.69 Å². The van der Waals surface area contributed by atoms with E-state index in [0.717, 1.165) is 17.0 Å². The Kier molecular flexibility index (Phi) is 4.02. The van der Waals surface area contributed by atoms with Crippen LogP contribution in [0.4, 0.5) is 5.69 Å². The van der Waals surface area contributed by atoms with Crippen molar-refractivity contribution in [2.24, 2.45) is 5.73 Å². The molecule has 19 heavy (non-hydrogen) atoms. The van der Waals surface area contributed by atoms with Gasteiger partial charge in [0.15, 0.2) is 0 Å². The highest BCUT2D eigenvalue weighted by molar-refractivity contribution is 5.95. The highest BCUT2D eigenvalue weighted by Gasteiger charge is 2.17. The van der Waals surface area contributed by atoms with Gasteiger partial charge >= 0.3 is 0 Å². The van der Waals surface area contributed by atoms with Crippen LogP contribution in [0.2, 0.25) is 0 Å². The molecular weight excluding hydrogens is 240 g/mol. The molecule has 2 rings (SSSR count). The first-order chi connectivity index (χ1) is 9.11. The minimum absolute atomic E-state index is 0.0198. The molecule has 2 N–H and O–H groups in total. The van der Waals surface area contributed by atoms with Gasteiger partial charge in [0.25, 0.3) is 0 Å². The van der Waals surface area contributed by atoms with Crippen molar-refractivity contribution in [2.45, 2.75) is 20.4 Å². The topological polar surface area (TPSA) is 59.5 Å². The number of aryl methyl sites for hydroxylation is 2. The van der Waals surface area contributed by atoms with Crippen LogP contribution in [0.25, 0.3) is 0 Å². The minimum atomic E-state index is -0.122. The molecule has 0 spiro atoms. The molecule has 2 aromatic rings. The molecule has 0 bridgehead atoms. The van der Waals surface area contributed by atoms with E-state index >= 15 is 0 Å². The number of rotatable bonds is 4. The summed E-state index contributed by atoms with van der Waals surface area (Å²) in [6.45, 7) is 4.39. The lowest BCUT2D eigenvalue weighted by Crippen LogP contribution is -2.35. The van der Waals surface area contributed by atoms with Gasteiger partial charge in [0.05, 0.1) is 19.4 Å². The minimum Gasteiger partial charge on any atom is -0.467 e. The van der Waals surface area contributed by atoms with E-state index in [2.05, 4.69) is 0 Å². The van der Waals surface area contributed by atoms with Gasteiger partial charge in [-0.05, 0) is 37.6 Å². The highest BCUT2D eigenvalue weighted by Crippen LogP contribution is 2.23. The lowest BCUT2D eigenvalue weighted by molar-refractivity contribution is -0.117. The monoisotopic (exact) mass is 258 g/mol. The number of nitrogens with zero attached hydrogens (tertiary/aromatic N) is 1. The molecular formula is C15H18N2O2. The fourth-order valence-corrected chi connectivity index (χ4v) is 2.08. The lowest BCUT2D eigenvalue weighted by atomic mass is 10.1. The van der Waals surface area contributed by atoms with Gasteiger partial charge in [0.2, 0.25) is 5.91 Å². The number of hydrogen-bond donors (Lipinski definition) is 1. The largest absolute Gasteiger partial charge is 0.467 e. The molecule has 0 fully saturated rings. The van der Waals surface area contributed by atoms with Gasteiger partial charge in [-0.25, -0.2) is 0 Å². The van der Waals surface area contributed by atoms with Crippen molar-refractivity contribution in [3.8, 4) is 0 Å². The van der Waals surface area contributed by atoms with Crippen molar-refractivity contribution in [1.82, 2.24) is 0 Å². The maximum atomic E-state index is 12.0. The number of nitrogens with two attached hydrogens (primary N) is 1. The summed E-state index contributed by atoms with van der Waals surface area (Å²) in [5.41, 5.74) is 8.59. The summed E-state index contributed by atoms with van der Waals surface area (Å²) >= 11 is 0. The number of furan rings is 1. The molecule has 0 atom stereocenters. The van der Waals surface area contributed by atoms with Crippen molar-refractivity contribution in [2.75, 3.05) is 11.4 Å². The van der Waals surface area contributed by atoms with Crippen LogP contribution >= 0.6 is 0 Å². The first-order valence-electron chi connectivity index (χ1n) is 6.22. The normalized spacial score (nSPS) is 10.5. The van der Waals surface area contributed by atoms with E-state index in [-0.39, 0.29) is 12.5 Å². The Hall–Kier alpha value is -2.07. The molecule has 1 aromatic carbocycles. The first-order valence-corrected chi connectivity index (χ1v) is 6.22. The fraction of sp³-hybridized carbons (Fsp3) is 0.267. The molecule has 1 aromatic heterocycles. The number of anilines is 1. The maximum Gasteiger partial charge on any atom is 0.241 e. The first kappa shape index (κ1) is 13.4. The third kappa shape index (κ3) is 3.03. The summed E-state index contributed by atoms with van der Waals surface area (Å²) in [6.07, 6.45) is 1.60. The zero-order chi connectivity index (χ0) is 13.8. The summed E-state index contributed by atoms with van der Waals surface area (Å²) in [4.78, 5) is 13.7. The van der Waals surface area contributed by atoms with Crippen LogP contribution < -0.4 is 10.6 Å². The van der Waals surface area contributed by atoms with Gasteiger partial charge in [-0.3, -0.25) is 4.79 Å². The van der Waals surface area contributed by atoms with E-state index in [1.54, 1.807) is 11.2 Å². The van der Waals surface area contributed by atoms with Crippen molar-refractivity contribution >= 4 is 11.6 Å². The average Bonchev–Trinajstić information content (AvgIpc) is 2.89. The zero-order valence-electron chi connectivity index (χ0n) is 11.2. The second kappa shape index (κ2) is 5.71. The molecule has 1 amide bonds. The smallest absolute Gasteiger partial charge is 0.241 e. The third-order valence-electron chi connectivity index (χ3n) is 3.01. The van der Waals surface area contributed by atoms with Crippen LogP contribution in [0, 0.1) is 13.8 Å². The van der Waals surface area contributed by atoms with Gasteiger partial charge < -0.3 is 15.1 Å². The molecule has 0 aliphatic carbocycles. The van der Waals surface area contributed by atoms with E-state index < -0.39 is 0 Å². The Balaban J connectivity index is 2.34. The van der Waals surface area contributed by atoms with Gasteiger partial charge in [-0.2, -0.15) is 0 Å². The predicted octanol–water partition coefficient (Wildman–Crippen LogP) is 2.39. The Labute approximate surface area is 112 Å². The molecule has 0 aliphatic rings. The second-order valence-corrected chi connectivity index (χ2v) is 4.55. The third-order valence-corrected chi connectivity index (χ3v) is 3.01. The number of hydrogen-bond acceptors (Lipinski definition) is 3. The van der Waals surface area contributed by atoms with Crippen molar-refractivity contribution in [3.05, 3.63) is 53.5 Å². The summed E-state index contributed by atoms with van der Waals surface area (Å²) in [7, 11) is 0. The van der Waals surface area contributed by atoms with Crippen molar-refractivity contribution in [3.63, 3.8) is 0 Å². The molecule has 4 nitrogen and oxygen atoms in total. The number of amides is 1. The molecule has 0 unspecified atom stereocenters. The molecule has 0 radical (unpaired) electrons. The Morgan fingerprint density at radius 2 is 2.11 bits per heavy atom. The molecule has 100 valence electrons.